The van der Waals surface area contributed by atoms with Crippen molar-refractivity contribution in [1.82, 2.24) is 10.2 Å². The van der Waals surface area contributed by atoms with E-state index in [0.29, 0.717) is 12.5 Å². The second kappa shape index (κ2) is 9.54. The average molecular weight is 351 g/mol. The van der Waals surface area contributed by atoms with Gasteiger partial charge in [0.2, 0.25) is 5.91 Å². The Balaban J connectivity index is 1.45. The van der Waals surface area contributed by atoms with Crippen LogP contribution in [0.4, 0.5) is 0 Å². The van der Waals surface area contributed by atoms with E-state index in [4.69, 9.17) is 0 Å². The van der Waals surface area contributed by atoms with E-state index in [-0.39, 0.29) is 5.91 Å². The molecular weight excluding hydrogens is 320 g/mol. The lowest BCUT2D eigenvalue weighted by Gasteiger charge is -2.32. The van der Waals surface area contributed by atoms with E-state index in [1.165, 1.54) is 30.5 Å². The lowest BCUT2D eigenvalue weighted by Crippen LogP contribution is -2.45. The predicted molar refractivity (Wildman–Crippen MR) is 108 cm³/mol. The summed E-state index contributed by atoms with van der Waals surface area (Å²) in [5.74, 6) is 0.143. The number of nitrogens with one attached hydrogen (secondary N) is 1. The summed E-state index contributed by atoms with van der Waals surface area (Å²) in [4.78, 5) is 14.9. The Labute approximate surface area is 157 Å². The molecule has 0 unspecified atom stereocenters. The molecule has 0 atom stereocenters. The quantitative estimate of drug-likeness (QED) is 0.808. The first kappa shape index (κ1) is 18.7. The van der Waals surface area contributed by atoms with Crippen LogP contribution in [0.15, 0.2) is 54.6 Å². The summed E-state index contributed by atoms with van der Waals surface area (Å²) in [5.41, 5.74) is 3.47. The fourth-order valence-corrected chi connectivity index (χ4v) is 3.59. The van der Waals surface area contributed by atoms with Gasteiger partial charge in [0.05, 0.1) is 6.42 Å². The zero-order chi connectivity index (χ0) is 18.2. The second-order valence-corrected chi connectivity index (χ2v) is 7.28. The molecule has 0 aliphatic carbocycles. The fourth-order valence-electron chi connectivity index (χ4n) is 3.59. The van der Waals surface area contributed by atoms with E-state index in [1.807, 2.05) is 18.2 Å². The molecule has 1 aliphatic heterocycles. The maximum Gasteiger partial charge on any atom is 0.224 e. The van der Waals surface area contributed by atoms with Gasteiger partial charge in [-0.1, -0.05) is 67.9 Å². The predicted octanol–water partition coefficient (Wildman–Crippen LogP) is 4.28. The summed E-state index contributed by atoms with van der Waals surface area (Å²) in [7, 11) is 0. The smallest absolute Gasteiger partial charge is 0.224 e. The van der Waals surface area contributed by atoms with Crippen molar-refractivity contribution in [2.75, 3.05) is 19.6 Å². The highest BCUT2D eigenvalue weighted by atomic mass is 16.1. The molecule has 1 amide bonds. The Kier molecular flexibility index (Phi) is 6.84. The number of unbranched alkanes of at least 4 members (excludes halogenated alkanes) is 1. The molecule has 3 rings (SSSR count). The van der Waals surface area contributed by atoms with Gasteiger partial charge in [0.15, 0.2) is 0 Å². The van der Waals surface area contributed by atoms with Gasteiger partial charge in [-0.2, -0.15) is 0 Å². The first-order chi connectivity index (χ1) is 12.7. The molecule has 1 aliphatic rings. The van der Waals surface area contributed by atoms with Crippen molar-refractivity contribution in [2.24, 2.45) is 0 Å². The summed E-state index contributed by atoms with van der Waals surface area (Å²) < 4.78 is 0. The standard InChI is InChI=1S/C23H30N2O/c1-2-3-15-25-16-13-22(14-17-25)24-23(26)18-19-9-11-21(12-10-19)20-7-5-4-6-8-20/h4-12,22H,2-3,13-18H2,1H3,(H,24,26). The van der Waals surface area contributed by atoms with Gasteiger partial charge in [0.1, 0.15) is 0 Å². The summed E-state index contributed by atoms with van der Waals surface area (Å²) in [5, 5.41) is 3.22. The summed E-state index contributed by atoms with van der Waals surface area (Å²) >= 11 is 0. The minimum Gasteiger partial charge on any atom is -0.353 e. The van der Waals surface area contributed by atoms with Gasteiger partial charge in [-0.05, 0) is 42.5 Å². The number of amides is 1. The highest BCUT2D eigenvalue weighted by Gasteiger charge is 2.20. The molecule has 3 nitrogen and oxygen atoms in total. The number of carbonyl (C=O) groups is 1. The molecule has 1 N–H and O–H groups in total. The molecule has 1 saturated heterocycles. The highest BCUT2D eigenvalue weighted by Crippen LogP contribution is 2.19. The summed E-state index contributed by atoms with van der Waals surface area (Å²) in [6.07, 6.45) is 5.13. The molecule has 3 heteroatoms. The van der Waals surface area contributed by atoms with Gasteiger partial charge in [0.25, 0.3) is 0 Å². The van der Waals surface area contributed by atoms with Crippen molar-refractivity contribution in [1.29, 1.82) is 0 Å². The molecule has 2 aromatic rings. The molecule has 0 spiro atoms. The van der Waals surface area contributed by atoms with Crippen molar-refractivity contribution < 1.29 is 4.79 Å². The van der Waals surface area contributed by atoms with Gasteiger partial charge in [-0.15, -0.1) is 0 Å². The molecule has 26 heavy (non-hydrogen) atoms. The number of carbonyl (C=O) groups excluding carboxylic acids is 1. The fraction of sp³-hybridized carbons (Fsp3) is 0.435. The number of benzene rings is 2. The van der Waals surface area contributed by atoms with Crippen LogP contribution >= 0.6 is 0 Å². The van der Waals surface area contributed by atoms with Gasteiger partial charge in [0, 0.05) is 19.1 Å². The number of nitrogens with zero attached hydrogens (tertiary/aromatic N) is 1. The molecular formula is C23H30N2O. The normalized spacial score (nSPS) is 15.7. The Hall–Kier alpha value is -2.13. The van der Waals surface area contributed by atoms with Crippen LogP contribution in [-0.4, -0.2) is 36.5 Å². The van der Waals surface area contributed by atoms with Crippen LogP contribution in [0.1, 0.15) is 38.2 Å². The number of likely N-dealkylation sites (tertiary alicyclic amines) is 1. The minimum atomic E-state index is 0.143. The number of hydrogen-bond donors (Lipinski definition) is 1. The van der Waals surface area contributed by atoms with E-state index < -0.39 is 0 Å². The zero-order valence-corrected chi connectivity index (χ0v) is 15.8. The molecule has 138 valence electrons. The number of rotatable bonds is 7. The number of hydrogen-bond acceptors (Lipinski definition) is 2. The van der Waals surface area contributed by atoms with Crippen LogP contribution in [0.2, 0.25) is 0 Å². The molecule has 0 aromatic heterocycles. The summed E-state index contributed by atoms with van der Waals surface area (Å²) in [6.45, 7) is 5.65. The maximum atomic E-state index is 12.4. The highest BCUT2D eigenvalue weighted by molar-refractivity contribution is 5.79. The second-order valence-electron chi connectivity index (χ2n) is 7.28. The Morgan fingerprint density at radius 1 is 1.00 bits per heavy atom. The van der Waals surface area contributed by atoms with Crippen molar-refractivity contribution in [2.45, 2.75) is 45.1 Å². The summed E-state index contributed by atoms with van der Waals surface area (Å²) in [6, 6.07) is 19.0. The van der Waals surface area contributed by atoms with Crippen LogP contribution < -0.4 is 5.32 Å². The Morgan fingerprint density at radius 2 is 1.65 bits per heavy atom. The third-order valence-electron chi connectivity index (χ3n) is 5.21. The van der Waals surface area contributed by atoms with Crippen molar-refractivity contribution in [3.05, 3.63) is 60.2 Å². The van der Waals surface area contributed by atoms with Crippen LogP contribution in [0.3, 0.4) is 0 Å². The largest absolute Gasteiger partial charge is 0.353 e. The van der Waals surface area contributed by atoms with Crippen molar-refractivity contribution in [3.63, 3.8) is 0 Å². The minimum absolute atomic E-state index is 0.143. The maximum absolute atomic E-state index is 12.4. The third-order valence-corrected chi connectivity index (χ3v) is 5.21. The van der Waals surface area contributed by atoms with Crippen LogP contribution in [-0.2, 0) is 11.2 Å². The molecule has 1 fully saturated rings. The molecule has 2 aromatic carbocycles. The van der Waals surface area contributed by atoms with E-state index in [1.54, 1.807) is 0 Å². The van der Waals surface area contributed by atoms with Crippen LogP contribution in [0.5, 0.6) is 0 Å². The molecule has 0 bridgehead atoms. The first-order valence-corrected chi connectivity index (χ1v) is 9.90. The Morgan fingerprint density at radius 3 is 2.31 bits per heavy atom. The van der Waals surface area contributed by atoms with Gasteiger partial charge < -0.3 is 10.2 Å². The third kappa shape index (κ3) is 5.43. The van der Waals surface area contributed by atoms with Gasteiger partial charge in [-0.3, -0.25) is 4.79 Å². The monoisotopic (exact) mass is 350 g/mol. The molecule has 0 saturated carbocycles. The van der Waals surface area contributed by atoms with Crippen LogP contribution in [0, 0.1) is 0 Å². The SMILES string of the molecule is CCCCN1CCC(NC(=O)Cc2ccc(-c3ccccc3)cc2)CC1. The first-order valence-electron chi connectivity index (χ1n) is 9.90. The molecule has 1 heterocycles. The zero-order valence-electron chi connectivity index (χ0n) is 15.8. The van der Waals surface area contributed by atoms with Crippen molar-refractivity contribution in [3.8, 4) is 11.1 Å². The topological polar surface area (TPSA) is 32.3 Å². The Bertz CT molecular complexity index is 673. The van der Waals surface area contributed by atoms with Crippen molar-refractivity contribution >= 4 is 5.91 Å². The lowest BCUT2D eigenvalue weighted by molar-refractivity contribution is -0.121. The van der Waals surface area contributed by atoms with E-state index in [9.17, 15) is 4.79 Å². The van der Waals surface area contributed by atoms with Gasteiger partial charge in [-0.25, -0.2) is 0 Å². The van der Waals surface area contributed by atoms with E-state index in [2.05, 4.69) is 53.5 Å². The number of piperidine rings is 1. The van der Waals surface area contributed by atoms with Gasteiger partial charge >= 0.3 is 0 Å². The van der Waals surface area contributed by atoms with Crippen LogP contribution in [0.25, 0.3) is 11.1 Å². The lowest BCUT2D eigenvalue weighted by atomic mass is 10.0. The average Bonchev–Trinajstić information content (AvgIpc) is 2.69. The van der Waals surface area contributed by atoms with E-state index >= 15 is 0 Å². The van der Waals surface area contributed by atoms with E-state index in [0.717, 1.165) is 31.5 Å². The molecule has 0 radical (unpaired) electrons.